The molecule has 1 rings (SSSR count). The molecule has 0 aliphatic heterocycles. The Balaban J connectivity index is 0. The van der Waals surface area contributed by atoms with Crippen LogP contribution in [0.5, 0.6) is 0 Å². The van der Waals surface area contributed by atoms with Gasteiger partial charge in [0.15, 0.2) is 0 Å². The lowest BCUT2D eigenvalue weighted by molar-refractivity contribution is 0.0118. The van der Waals surface area contributed by atoms with E-state index >= 15 is 0 Å². The topological polar surface area (TPSA) is 68.0 Å². The lowest BCUT2D eigenvalue weighted by Crippen LogP contribution is -2.41. The Kier molecular flexibility index (Phi) is 8.82. The van der Waals surface area contributed by atoms with Crippen molar-refractivity contribution in [1.29, 1.82) is 0 Å². The normalized spacial score (nSPS) is 10.2. The first-order chi connectivity index (χ1) is 7.85. The number of alkyl halides is 2. The highest BCUT2D eigenvalue weighted by Gasteiger charge is 2.27. The van der Waals surface area contributed by atoms with Crippen molar-refractivity contribution >= 4 is 30.7 Å². The number of amides is 1. The minimum Gasteiger partial charge on any atom is -0.346 e. The summed E-state index contributed by atoms with van der Waals surface area (Å²) in [7, 11) is 0. The Bertz CT molecular complexity index is 430. The molecule has 0 spiro atoms. The second kappa shape index (κ2) is 8.24. The molecule has 1 aromatic heterocycles. The number of hydrogen-bond donors (Lipinski definition) is 2. The van der Waals surface area contributed by atoms with Gasteiger partial charge in [-0.05, 0) is 26.0 Å². The number of hydrogen-bond acceptors (Lipinski definition) is 3. The van der Waals surface area contributed by atoms with Crippen molar-refractivity contribution in [3.63, 3.8) is 0 Å². The maximum Gasteiger partial charge on any atom is 0.277 e. The van der Waals surface area contributed by atoms with E-state index in [0.29, 0.717) is 11.3 Å². The van der Waals surface area contributed by atoms with Gasteiger partial charge in [-0.2, -0.15) is 0 Å². The summed E-state index contributed by atoms with van der Waals surface area (Å²) in [5, 5.41) is 2.14. The predicted octanol–water partition coefficient (Wildman–Crippen LogP) is 1.87. The fourth-order valence-electron chi connectivity index (χ4n) is 1.30. The molecule has 0 aromatic carbocycles. The summed E-state index contributed by atoms with van der Waals surface area (Å²) in [6, 6.07) is 3.22. The van der Waals surface area contributed by atoms with Gasteiger partial charge in [0.25, 0.3) is 11.8 Å². The molecule has 1 heterocycles. The van der Waals surface area contributed by atoms with Crippen LogP contribution in [0.3, 0.4) is 0 Å². The number of aryl methyl sites for hydroxylation is 2. The number of aromatic nitrogens is 1. The quantitative estimate of drug-likeness (QED) is 0.891. The van der Waals surface area contributed by atoms with Crippen molar-refractivity contribution in [2.24, 2.45) is 5.73 Å². The molecule has 0 saturated heterocycles. The first-order valence-corrected chi connectivity index (χ1v) is 5.16. The smallest absolute Gasteiger partial charge is 0.277 e. The molecule has 0 radical (unpaired) electrons. The number of carbonyl (C=O) groups is 1. The van der Waals surface area contributed by atoms with E-state index in [9.17, 15) is 13.6 Å². The molecule has 19 heavy (non-hydrogen) atoms. The molecule has 0 atom stereocenters. The zero-order valence-corrected chi connectivity index (χ0v) is 12.2. The van der Waals surface area contributed by atoms with E-state index < -0.39 is 24.9 Å². The first kappa shape index (κ1) is 20.3. The SMILES string of the molecule is Cc1ccc(C(=O)NCC(F)(F)CN)c(C)n1.Cl.Cl. The Hall–Kier alpha value is -0.980. The number of nitrogens with two attached hydrogens (primary N) is 1. The summed E-state index contributed by atoms with van der Waals surface area (Å²) >= 11 is 0. The lowest BCUT2D eigenvalue weighted by Gasteiger charge is -2.15. The standard InChI is InChI=1S/C11H15F2N3O.2ClH/c1-7-3-4-9(8(2)16-7)10(17)15-6-11(12,13)5-14;;/h3-4H,5-6,14H2,1-2H3,(H,15,17);2*1H. The Morgan fingerprint density at radius 1 is 1.37 bits per heavy atom. The van der Waals surface area contributed by atoms with Crippen LogP contribution in [0.25, 0.3) is 0 Å². The van der Waals surface area contributed by atoms with Gasteiger partial charge in [0.2, 0.25) is 0 Å². The van der Waals surface area contributed by atoms with Gasteiger partial charge >= 0.3 is 0 Å². The summed E-state index contributed by atoms with van der Waals surface area (Å²) in [4.78, 5) is 15.7. The van der Waals surface area contributed by atoms with Crippen LogP contribution in [0.15, 0.2) is 12.1 Å². The second-order valence-corrected chi connectivity index (χ2v) is 3.83. The third-order valence-electron chi connectivity index (χ3n) is 2.28. The molecule has 4 nitrogen and oxygen atoms in total. The van der Waals surface area contributed by atoms with E-state index in [2.05, 4.69) is 10.3 Å². The second-order valence-electron chi connectivity index (χ2n) is 3.83. The molecule has 3 N–H and O–H groups in total. The van der Waals surface area contributed by atoms with E-state index in [1.807, 2.05) is 0 Å². The predicted molar refractivity (Wildman–Crippen MR) is 74.5 cm³/mol. The summed E-state index contributed by atoms with van der Waals surface area (Å²) in [6.07, 6.45) is 0. The van der Waals surface area contributed by atoms with Gasteiger partial charge in [0.1, 0.15) is 0 Å². The molecule has 1 aromatic rings. The molecule has 1 amide bonds. The zero-order chi connectivity index (χ0) is 13.1. The lowest BCUT2D eigenvalue weighted by atomic mass is 10.1. The highest BCUT2D eigenvalue weighted by molar-refractivity contribution is 5.95. The molecule has 0 aliphatic carbocycles. The molecular weight excluding hydrogens is 299 g/mol. The average molecular weight is 316 g/mol. The Morgan fingerprint density at radius 2 is 1.95 bits per heavy atom. The molecule has 8 heteroatoms. The molecule has 0 unspecified atom stereocenters. The summed E-state index contributed by atoms with van der Waals surface area (Å²) in [5.41, 5.74) is 6.44. The molecule has 0 aliphatic rings. The average Bonchev–Trinajstić information content (AvgIpc) is 2.26. The van der Waals surface area contributed by atoms with Crippen LogP contribution in [0.2, 0.25) is 0 Å². The van der Waals surface area contributed by atoms with Crippen molar-refractivity contribution in [3.8, 4) is 0 Å². The van der Waals surface area contributed by atoms with E-state index in [0.717, 1.165) is 5.69 Å². The molecule has 0 fully saturated rings. The minimum atomic E-state index is -3.08. The van der Waals surface area contributed by atoms with Crippen LogP contribution in [0.4, 0.5) is 8.78 Å². The van der Waals surface area contributed by atoms with E-state index in [4.69, 9.17) is 5.73 Å². The van der Waals surface area contributed by atoms with E-state index in [-0.39, 0.29) is 24.8 Å². The highest BCUT2D eigenvalue weighted by Crippen LogP contribution is 2.10. The molecule has 110 valence electrons. The van der Waals surface area contributed by atoms with Gasteiger partial charge in [-0.25, -0.2) is 8.78 Å². The van der Waals surface area contributed by atoms with Crippen LogP contribution < -0.4 is 11.1 Å². The number of nitrogens with zero attached hydrogens (tertiary/aromatic N) is 1. The van der Waals surface area contributed by atoms with Gasteiger partial charge < -0.3 is 11.1 Å². The van der Waals surface area contributed by atoms with Crippen LogP contribution >= 0.6 is 24.8 Å². The first-order valence-electron chi connectivity index (χ1n) is 5.16. The Morgan fingerprint density at radius 3 is 2.42 bits per heavy atom. The monoisotopic (exact) mass is 315 g/mol. The highest BCUT2D eigenvalue weighted by atomic mass is 35.5. The minimum absolute atomic E-state index is 0. The molecule has 0 saturated carbocycles. The van der Waals surface area contributed by atoms with Gasteiger partial charge in [-0.3, -0.25) is 9.78 Å². The summed E-state index contributed by atoms with van der Waals surface area (Å²) in [5.74, 6) is -3.65. The summed E-state index contributed by atoms with van der Waals surface area (Å²) in [6.45, 7) is 1.88. The molecule has 0 bridgehead atoms. The van der Waals surface area contributed by atoms with Crippen molar-refractivity contribution in [2.75, 3.05) is 13.1 Å². The number of rotatable bonds is 4. The van der Waals surface area contributed by atoms with Crippen LogP contribution in [-0.4, -0.2) is 29.9 Å². The maximum absolute atomic E-state index is 12.8. The number of pyridine rings is 1. The maximum atomic E-state index is 12.8. The Labute approximate surface area is 123 Å². The fourth-order valence-corrected chi connectivity index (χ4v) is 1.30. The van der Waals surface area contributed by atoms with Gasteiger partial charge in [-0.15, -0.1) is 24.8 Å². The van der Waals surface area contributed by atoms with Crippen molar-refractivity contribution in [1.82, 2.24) is 10.3 Å². The summed E-state index contributed by atoms with van der Waals surface area (Å²) < 4.78 is 25.7. The number of nitrogens with one attached hydrogen (secondary N) is 1. The largest absolute Gasteiger partial charge is 0.346 e. The third kappa shape index (κ3) is 6.13. The van der Waals surface area contributed by atoms with Gasteiger partial charge in [0.05, 0.1) is 24.3 Å². The van der Waals surface area contributed by atoms with Crippen molar-refractivity contribution < 1.29 is 13.6 Å². The van der Waals surface area contributed by atoms with Crippen LogP contribution in [0.1, 0.15) is 21.7 Å². The third-order valence-corrected chi connectivity index (χ3v) is 2.28. The van der Waals surface area contributed by atoms with Crippen molar-refractivity contribution in [3.05, 3.63) is 29.1 Å². The number of halogens is 4. The zero-order valence-electron chi connectivity index (χ0n) is 10.6. The van der Waals surface area contributed by atoms with E-state index in [1.165, 1.54) is 0 Å². The van der Waals surface area contributed by atoms with Crippen LogP contribution in [0, 0.1) is 13.8 Å². The van der Waals surface area contributed by atoms with Crippen LogP contribution in [-0.2, 0) is 0 Å². The van der Waals surface area contributed by atoms with Gasteiger partial charge in [-0.1, -0.05) is 0 Å². The van der Waals surface area contributed by atoms with E-state index in [1.54, 1.807) is 26.0 Å². The van der Waals surface area contributed by atoms with Gasteiger partial charge in [0, 0.05) is 5.69 Å². The fraction of sp³-hybridized carbons (Fsp3) is 0.455. The molecular formula is C11H17Cl2F2N3O. The van der Waals surface area contributed by atoms with Crippen molar-refractivity contribution in [2.45, 2.75) is 19.8 Å². The number of carbonyl (C=O) groups excluding carboxylic acids is 1.